The normalized spacial score (nSPS) is 14.9. The maximum atomic E-state index is 3.67. The maximum absolute atomic E-state index is 3.67. The average Bonchev–Trinajstić information content (AvgIpc) is 2.35. The molecule has 0 fully saturated rings. The summed E-state index contributed by atoms with van der Waals surface area (Å²) < 4.78 is 0. The highest BCUT2D eigenvalue weighted by Gasteiger charge is 2.10. The van der Waals surface area contributed by atoms with Crippen LogP contribution in [0, 0.1) is 5.92 Å². The zero-order chi connectivity index (χ0) is 12.7. The lowest BCUT2D eigenvalue weighted by Crippen LogP contribution is -2.34. The van der Waals surface area contributed by atoms with E-state index in [2.05, 4.69) is 63.3 Å². The van der Waals surface area contributed by atoms with Crippen molar-refractivity contribution in [3.05, 3.63) is 35.9 Å². The first-order chi connectivity index (χ1) is 8.15. The second-order valence-electron chi connectivity index (χ2n) is 5.31. The maximum Gasteiger partial charge on any atom is 0.00874 e. The highest BCUT2D eigenvalue weighted by atomic mass is 14.9. The summed E-state index contributed by atoms with van der Waals surface area (Å²) in [5.41, 5.74) is 1.45. The van der Waals surface area contributed by atoms with Gasteiger partial charge in [-0.15, -0.1) is 0 Å². The van der Waals surface area contributed by atoms with Crippen molar-refractivity contribution in [3.8, 4) is 0 Å². The third-order valence-electron chi connectivity index (χ3n) is 3.60. The summed E-state index contributed by atoms with van der Waals surface area (Å²) in [5.74, 6) is 1.38. The van der Waals surface area contributed by atoms with Crippen molar-refractivity contribution in [1.29, 1.82) is 0 Å². The largest absolute Gasteiger partial charge is 0.314 e. The molecule has 96 valence electrons. The summed E-state index contributed by atoms with van der Waals surface area (Å²) in [6.07, 6.45) is 2.44. The Balaban J connectivity index is 2.31. The van der Waals surface area contributed by atoms with Crippen molar-refractivity contribution in [2.75, 3.05) is 6.54 Å². The van der Waals surface area contributed by atoms with Gasteiger partial charge in [0, 0.05) is 6.04 Å². The van der Waals surface area contributed by atoms with Crippen LogP contribution in [0.15, 0.2) is 30.3 Å². The Labute approximate surface area is 107 Å². The van der Waals surface area contributed by atoms with Crippen molar-refractivity contribution in [2.24, 2.45) is 5.92 Å². The molecular formula is C16H27N. The van der Waals surface area contributed by atoms with Gasteiger partial charge >= 0.3 is 0 Å². The minimum absolute atomic E-state index is 0.647. The molecule has 17 heavy (non-hydrogen) atoms. The Morgan fingerprint density at radius 2 is 1.71 bits per heavy atom. The van der Waals surface area contributed by atoms with E-state index in [0.717, 1.165) is 12.5 Å². The van der Waals surface area contributed by atoms with Gasteiger partial charge in [0.2, 0.25) is 0 Å². The van der Waals surface area contributed by atoms with Crippen LogP contribution >= 0.6 is 0 Å². The number of hydrogen-bond acceptors (Lipinski definition) is 1. The zero-order valence-electron chi connectivity index (χ0n) is 11.7. The highest BCUT2D eigenvalue weighted by molar-refractivity contribution is 5.18. The monoisotopic (exact) mass is 233 g/mol. The second-order valence-corrected chi connectivity index (χ2v) is 5.31. The van der Waals surface area contributed by atoms with Crippen LogP contribution in [0.3, 0.4) is 0 Å². The molecule has 0 spiro atoms. The van der Waals surface area contributed by atoms with Gasteiger partial charge in [-0.3, -0.25) is 0 Å². The van der Waals surface area contributed by atoms with Crippen LogP contribution in [0.1, 0.15) is 52.0 Å². The van der Waals surface area contributed by atoms with Crippen molar-refractivity contribution in [1.82, 2.24) is 5.32 Å². The predicted octanol–water partition coefficient (Wildman–Crippen LogP) is 4.20. The Morgan fingerprint density at radius 3 is 2.24 bits per heavy atom. The van der Waals surface area contributed by atoms with E-state index in [1.54, 1.807) is 0 Å². The molecule has 2 unspecified atom stereocenters. The topological polar surface area (TPSA) is 12.0 Å². The molecular weight excluding hydrogens is 206 g/mol. The van der Waals surface area contributed by atoms with Crippen LogP contribution in [0.2, 0.25) is 0 Å². The number of benzene rings is 1. The lowest BCUT2D eigenvalue weighted by Gasteiger charge is -2.22. The van der Waals surface area contributed by atoms with Gasteiger partial charge in [-0.05, 0) is 36.8 Å². The molecule has 0 aliphatic heterocycles. The Morgan fingerprint density at radius 1 is 1.06 bits per heavy atom. The molecule has 0 bridgehead atoms. The molecule has 0 heterocycles. The Bertz CT molecular complexity index is 292. The quantitative estimate of drug-likeness (QED) is 0.744. The first-order valence-electron chi connectivity index (χ1n) is 6.93. The van der Waals surface area contributed by atoms with Crippen molar-refractivity contribution in [3.63, 3.8) is 0 Å². The highest BCUT2D eigenvalue weighted by Crippen LogP contribution is 2.18. The van der Waals surface area contributed by atoms with E-state index >= 15 is 0 Å². The summed E-state index contributed by atoms with van der Waals surface area (Å²) in [7, 11) is 0. The molecule has 0 saturated carbocycles. The van der Waals surface area contributed by atoms with Gasteiger partial charge in [0.25, 0.3) is 0 Å². The van der Waals surface area contributed by atoms with Gasteiger partial charge in [-0.25, -0.2) is 0 Å². The molecule has 1 heteroatoms. The molecule has 1 aromatic rings. The van der Waals surface area contributed by atoms with Gasteiger partial charge in [0.15, 0.2) is 0 Å². The SMILES string of the molecule is CCC(NCCC(C)c1ccccc1)C(C)C. The number of rotatable bonds is 7. The summed E-state index contributed by atoms with van der Waals surface area (Å²) >= 11 is 0. The van der Waals surface area contributed by atoms with E-state index in [1.807, 2.05) is 0 Å². The van der Waals surface area contributed by atoms with Gasteiger partial charge in [0.1, 0.15) is 0 Å². The summed E-state index contributed by atoms with van der Waals surface area (Å²) in [6, 6.07) is 11.5. The third-order valence-corrected chi connectivity index (χ3v) is 3.60. The molecule has 0 radical (unpaired) electrons. The summed E-state index contributed by atoms with van der Waals surface area (Å²) in [4.78, 5) is 0. The van der Waals surface area contributed by atoms with Gasteiger partial charge in [0.05, 0.1) is 0 Å². The van der Waals surface area contributed by atoms with Crippen LogP contribution in [-0.2, 0) is 0 Å². The van der Waals surface area contributed by atoms with E-state index < -0.39 is 0 Å². The minimum atomic E-state index is 0.647. The van der Waals surface area contributed by atoms with Crippen LogP contribution in [-0.4, -0.2) is 12.6 Å². The van der Waals surface area contributed by atoms with Crippen LogP contribution in [0.5, 0.6) is 0 Å². The molecule has 1 aromatic carbocycles. The zero-order valence-corrected chi connectivity index (χ0v) is 11.7. The molecule has 2 atom stereocenters. The van der Waals surface area contributed by atoms with Gasteiger partial charge in [-0.2, -0.15) is 0 Å². The molecule has 0 saturated heterocycles. The Hall–Kier alpha value is -0.820. The second kappa shape index (κ2) is 7.50. The Kier molecular flexibility index (Phi) is 6.28. The lowest BCUT2D eigenvalue weighted by molar-refractivity contribution is 0.382. The van der Waals surface area contributed by atoms with Crippen molar-refractivity contribution in [2.45, 2.75) is 52.5 Å². The van der Waals surface area contributed by atoms with E-state index in [9.17, 15) is 0 Å². The molecule has 1 N–H and O–H groups in total. The van der Waals surface area contributed by atoms with E-state index in [4.69, 9.17) is 0 Å². The van der Waals surface area contributed by atoms with Crippen LogP contribution in [0.25, 0.3) is 0 Å². The van der Waals surface area contributed by atoms with Gasteiger partial charge < -0.3 is 5.32 Å². The number of hydrogen-bond donors (Lipinski definition) is 1. The lowest BCUT2D eigenvalue weighted by atomic mass is 9.97. The molecule has 0 aliphatic carbocycles. The summed E-state index contributed by atoms with van der Waals surface area (Å²) in [6.45, 7) is 10.3. The van der Waals surface area contributed by atoms with Gasteiger partial charge in [-0.1, -0.05) is 58.0 Å². The predicted molar refractivity (Wildman–Crippen MR) is 76.4 cm³/mol. The van der Waals surface area contributed by atoms with Crippen molar-refractivity contribution >= 4 is 0 Å². The molecule has 0 aromatic heterocycles. The molecule has 0 amide bonds. The summed E-state index contributed by atoms with van der Waals surface area (Å²) in [5, 5.41) is 3.67. The first kappa shape index (κ1) is 14.2. The van der Waals surface area contributed by atoms with E-state index in [-0.39, 0.29) is 0 Å². The standard InChI is InChI=1S/C16H27N/c1-5-16(13(2)3)17-12-11-14(4)15-9-7-6-8-10-15/h6-10,13-14,16-17H,5,11-12H2,1-4H3. The molecule has 1 nitrogen and oxygen atoms in total. The molecule has 0 aliphatic rings. The minimum Gasteiger partial charge on any atom is -0.314 e. The fourth-order valence-corrected chi connectivity index (χ4v) is 2.28. The fourth-order valence-electron chi connectivity index (χ4n) is 2.28. The van der Waals surface area contributed by atoms with Crippen molar-refractivity contribution < 1.29 is 0 Å². The third kappa shape index (κ3) is 4.91. The first-order valence-corrected chi connectivity index (χ1v) is 6.93. The smallest absolute Gasteiger partial charge is 0.00874 e. The van der Waals surface area contributed by atoms with Crippen LogP contribution in [0.4, 0.5) is 0 Å². The molecule has 1 rings (SSSR count). The van der Waals surface area contributed by atoms with E-state index in [0.29, 0.717) is 12.0 Å². The van der Waals surface area contributed by atoms with E-state index in [1.165, 1.54) is 18.4 Å². The average molecular weight is 233 g/mol. The fraction of sp³-hybridized carbons (Fsp3) is 0.625. The number of nitrogens with one attached hydrogen (secondary N) is 1. The van der Waals surface area contributed by atoms with Crippen LogP contribution < -0.4 is 5.32 Å².